The molecule has 2 fully saturated rings. The molecule has 0 spiro atoms. The van der Waals surface area contributed by atoms with Crippen LogP contribution in [-0.4, -0.2) is 57.7 Å². The van der Waals surface area contributed by atoms with E-state index in [4.69, 9.17) is 4.74 Å². The summed E-state index contributed by atoms with van der Waals surface area (Å²) in [4.78, 5) is 49.6. The number of amides is 2. The van der Waals surface area contributed by atoms with Gasteiger partial charge in [-0.3, -0.25) is 19.3 Å². The summed E-state index contributed by atoms with van der Waals surface area (Å²) in [7, 11) is 0. The van der Waals surface area contributed by atoms with Gasteiger partial charge in [0.05, 0.1) is 11.3 Å². The van der Waals surface area contributed by atoms with Gasteiger partial charge in [-0.1, -0.05) is 6.07 Å². The van der Waals surface area contributed by atoms with Crippen molar-refractivity contribution in [1.29, 1.82) is 0 Å². The minimum absolute atomic E-state index is 0.00353. The van der Waals surface area contributed by atoms with E-state index >= 15 is 0 Å². The normalized spacial score (nSPS) is 19.0. The lowest BCUT2D eigenvalue weighted by Gasteiger charge is -2.32. The predicted octanol–water partition coefficient (Wildman–Crippen LogP) is 3.18. The number of nitrogens with zero attached hydrogens (tertiary/aromatic N) is 4. The topological polar surface area (TPSA) is 92.7 Å². The summed E-state index contributed by atoms with van der Waals surface area (Å²) in [6.45, 7) is 1.52. The van der Waals surface area contributed by atoms with E-state index in [1.165, 1.54) is 17.7 Å². The summed E-state index contributed by atoms with van der Waals surface area (Å²) < 4.78 is 5.55. The minimum atomic E-state index is -0.392. The van der Waals surface area contributed by atoms with E-state index in [2.05, 4.69) is 14.9 Å². The molecule has 4 rings (SSSR count). The van der Waals surface area contributed by atoms with Crippen molar-refractivity contribution in [3.63, 3.8) is 0 Å². The number of anilines is 1. The second-order valence-electron chi connectivity index (χ2n) is 6.84. The first-order valence-corrected chi connectivity index (χ1v) is 11.3. The zero-order valence-electron chi connectivity index (χ0n) is 16.1. The van der Waals surface area contributed by atoms with Crippen molar-refractivity contribution in [2.45, 2.75) is 25.4 Å². The lowest BCUT2D eigenvalue weighted by atomic mass is 10.1. The average molecular weight is 445 g/mol. The number of thiophene rings is 1. The molecule has 0 N–H and O–H groups in total. The van der Waals surface area contributed by atoms with Crippen molar-refractivity contribution in [2.75, 3.05) is 24.5 Å². The standard InChI is InChI=1S/C20H20N4O4S2/c25-18(28-14-4-8-23(9-5-14)17-3-7-21-13-22-17)6-10-24-19(26)16(30-20(24)27)12-15-2-1-11-29-15/h1-3,7,11-14H,4-6,8-10H2/b16-12+. The third-order valence-electron chi connectivity index (χ3n) is 4.86. The number of rotatable bonds is 6. The van der Waals surface area contributed by atoms with Gasteiger partial charge in [0, 0.05) is 43.5 Å². The Morgan fingerprint density at radius 2 is 2.10 bits per heavy atom. The molecule has 0 atom stereocenters. The van der Waals surface area contributed by atoms with Gasteiger partial charge in [-0.05, 0) is 35.4 Å². The Hall–Kier alpha value is -2.72. The van der Waals surface area contributed by atoms with Crippen LogP contribution in [-0.2, 0) is 14.3 Å². The first-order chi connectivity index (χ1) is 14.6. The van der Waals surface area contributed by atoms with Crippen LogP contribution in [0.3, 0.4) is 0 Å². The Labute approximate surface area is 181 Å². The second-order valence-corrected chi connectivity index (χ2v) is 8.82. The van der Waals surface area contributed by atoms with Gasteiger partial charge in [0.25, 0.3) is 11.1 Å². The largest absolute Gasteiger partial charge is 0.462 e. The maximum atomic E-state index is 12.5. The van der Waals surface area contributed by atoms with Gasteiger partial charge in [0.2, 0.25) is 0 Å². The van der Waals surface area contributed by atoms with Gasteiger partial charge in [-0.15, -0.1) is 11.3 Å². The Bertz CT molecular complexity index is 941. The molecule has 2 amide bonds. The van der Waals surface area contributed by atoms with Crippen molar-refractivity contribution >= 4 is 52.1 Å². The van der Waals surface area contributed by atoms with Crippen LogP contribution < -0.4 is 4.90 Å². The molecular formula is C20H20N4O4S2. The fourth-order valence-corrected chi connectivity index (χ4v) is 4.90. The van der Waals surface area contributed by atoms with Crippen LogP contribution in [0.2, 0.25) is 0 Å². The molecule has 2 saturated heterocycles. The summed E-state index contributed by atoms with van der Waals surface area (Å²) in [6.07, 6.45) is 6.18. The minimum Gasteiger partial charge on any atom is -0.462 e. The Kier molecular flexibility index (Phi) is 6.44. The molecule has 2 aromatic heterocycles. The van der Waals surface area contributed by atoms with Gasteiger partial charge in [0.1, 0.15) is 18.2 Å². The molecule has 0 aliphatic carbocycles. The highest BCUT2D eigenvalue weighted by atomic mass is 32.2. The first-order valence-electron chi connectivity index (χ1n) is 9.59. The number of ether oxygens (including phenoxy) is 1. The van der Waals surface area contributed by atoms with Gasteiger partial charge in [-0.2, -0.15) is 0 Å². The van der Waals surface area contributed by atoms with Crippen LogP contribution in [0.1, 0.15) is 24.1 Å². The number of esters is 1. The number of carbonyl (C=O) groups excluding carboxylic acids is 3. The molecule has 0 aromatic carbocycles. The van der Waals surface area contributed by atoms with Crippen LogP contribution in [0.5, 0.6) is 0 Å². The van der Waals surface area contributed by atoms with Gasteiger partial charge in [0.15, 0.2) is 0 Å². The van der Waals surface area contributed by atoms with E-state index in [0.29, 0.717) is 17.7 Å². The van der Waals surface area contributed by atoms with Crippen LogP contribution in [0, 0.1) is 0 Å². The van der Waals surface area contributed by atoms with E-state index in [9.17, 15) is 14.4 Å². The van der Waals surface area contributed by atoms with Crippen molar-refractivity contribution in [2.24, 2.45) is 0 Å². The fourth-order valence-electron chi connectivity index (χ4n) is 3.32. The molecule has 2 aliphatic rings. The molecule has 10 heteroatoms. The highest BCUT2D eigenvalue weighted by molar-refractivity contribution is 8.18. The second kappa shape index (κ2) is 9.40. The highest BCUT2D eigenvalue weighted by Crippen LogP contribution is 2.33. The third kappa shape index (κ3) is 4.88. The molecule has 156 valence electrons. The summed E-state index contributed by atoms with van der Waals surface area (Å²) in [5.74, 6) is 0.117. The molecule has 30 heavy (non-hydrogen) atoms. The van der Waals surface area contributed by atoms with E-state index in [0.717, 1.165) is 40.4 Å². The quantitative estimate of drug-likeness (QED) is 0.495. The SMILES string of the molecule is O=C(CCN1C(=O)S/C(=C/c2cccs2)C1=O)OC1CCN(c2ccncn2)CC1. The zero-order chi connectivity index (χ0) is 20.9. The Balaban J connectivity index is 1.23. The lowest BCUT2D eigenvalue weighted by molar-refractivity contribution is -0.150. The smallest absolute Gasteiger partial charge is 0.307 e. The Morgan fingerprint density at radius 1 is 1.27 bits per heavy atom. The van der Waals surface area contributed by atoms with E-state index in [-0.39, 0.29) is 30.2 Å². The summed E-state index contributed by atoms with van der Waals surface area (Å²) >= 11 is 2.40. The molecular weight excluding hydrogens is 424 g/mol. The van der Waals surface area contributed by atoms with Crippen molar-refractivity contribution < 1.29 is 19.1 Å². The number of hydrogen-bond donors (Lipinski definition) is 0. The molecule has 8 nitrogen and oxygen atoms in total. The fraction of sp³-hybridized carbons (Fsp3) is 0.350. The first kappa shape index (κ1) is 20.5. The maximum Gasteiger partial charge on any atom is 0.307 e. The molecule has 2 aromatic rings. The number of thioether (sulfide) groups is 1. The monoisotopic (exact) mass is 444 g/mol. The summed E-state index contributed by atoms with van der Waals surface area (Å²) in [5.41, 5.74) is 0. The van der Waals surface area contributed by atoms with Crippen LogP contribution in [0.15, 0.2) is 41.0 Å². The molecule has 0 bridgehead atoms. The number of piperidine rings is 1. The highest BCUT2D eigenvalue weighted by Gasteiger charge is 2.35. The maximum absolute atomic E-state index is 12.5. The number of imide groups is 1. The molecule has 2 aliphatic heterocycles. The molecule has 0 saturated carbocycles. The van der Waals surface area contributed by atoms with E-state index < -0.39 is 5.97 Å². The van der Waals surface area contributed by atoms with Crippen molar-refractivity contribution in [1.82, 2.24) is 14.9 Å². The molecule has 4 heterocycles. The number of carbonyl (C=O) groups is 3. The van der Waals surface area contributed by atoms with Crippen molar-refractivity contribution in [3.05, 3.63) is 45.9 Å². The van der Waals surface area contributed by atoms with Crippen LogP contribution in [0.25, 0.3) is 6.08 Å². The van der Waals surface area contributed by atoms with Gasteiger partial charge in [-0.25, -0.2) is 9.97 Å². The van der Waals surface area contributed by atoms with Crippen LogP contribution >= 0.6 is 23.1 Å². The molecule has 0 radical (unpaired) electrons. The van der Waals surface area contributed by atoms with Gasteiger partial charge >= 0.3 is 5.97 Å². The third-order valence-corrected chi connectivity index (χ3v) is 6.59. The van der Waals surface area contributed by atoms with E-state index in [1.54, 1.807) is 12.3 Å². The van der Waals surface area contributed by atoms with E-state index in [1.807, 2.05) is 23.6 Å². The number of hydrogen-bond acceptors (Lipinski definition) is 9. The summed E-state index contributed by atoms with van der Waals surface area (Å²) in [6, 6.07) is 5.62. The van der Waals surface area contributed by atoms with Gasteiger partial charge < -0.3 is 9.64 Å². The molecule has 0 unspecified atom stereocenters. The predicted molar refractivity (Wildman–Crippen MR) is 115 cm³/mol. The summed E-state index contributed by atoms with van der Waals surface area (Å²) in [5, 5.41) is 1.55. The zero-order valence-corrected chi connectivity index (χ0v) is 17.7. The average Bonchev–Trinajstić information content (AvgIpc) is 3.36. The Morgan fingerprint density at radius 3 is 2.80 bits per heavy atom. The lowest BCUT2D eigenvalue weighted by Crippen LogP contribution is -2.38. The van der Waals surface area contributed by atoms with Crippen LogP contribution in [0.4, 0.5) is 10.6 Å². The number of aromatic nitrogens is 2. The van der Waals surface area contributed by atoms with Crippen molar-refractivity contribution in [3.8, 4) is 0 Å².